The number of rotatable bonds is 4. The minimum Gasteiger partial charge on any atom is -0.462 e. The predicted molar refractivity (Wildman–Crippen MR) is 101 cm³/mol. The molecule has 1 aromatic carbocycles. The molecule has 25 heavy (non-hydrogen) atoms. The van der Waals surface area contributed by atoms with Gasteiger partial charge >= 0.3 is 5.97 Å². The Morgan fingerprint density at radius 1 is 1.24 bits per heavy atom. The molecule has 0 aliphatic rings. The quantitative estimate of drug-likeness (QED) is 0.720. The van der Waals surface area contributed by atoms with Crippen molar-refractivity contribution in [2.75, 3.05) is 6.61 Å². The van der Waals surface area contributed by atoms with Crippen LogP contribution >= 0.6 is 11.3 Å². The number of H-pyrrole nitrogens is 1. The van der Waals surface area contributed by atoms with E-state index in [0.29, 0.717) is 33.1 Å². The van der Waals surface area contributed by atoms with Gasteiger partial charge in [0, 0.05) is 0 Å². The van der Waals surface area contributed by atoms with Crippen molar-refractivity contribution < 1.29 is 9.53 Å². The summed E-state index contributed by atoms with van der Waals surface area (Å²) in [6.07, 6.45) is 3.64. The third-order valence-electron chi connectivity index (χ3n) is 3.79. The molecule has 0 spiro atoms. The van der Waals surface area contributed by atoms with Gasteiger partial charge in [-0.05, 0) is 38.0 Å². The van der Waals surface area contributed by atoms with Gasteiger partial charge in [0.1, 0.15) is 15.5 Å². The lowest BCUT2D eigenvalue weighted by Crippen LogP contribution is -2.10. The smallest absolute Gasteiger partial charge is 0.348 e. The molecule has 0 saturated carbocycles. The van der Waals surface area contributed by atoms with E-state index >= 15 is 0 Å². The number of ether oxygens (including phenoxy) is 1. The van der Waals surface area contributed by atoms with E-state index in [1.165, 1.54) is 16.9 Å². The highest BCUT2D eigenvalue weighted by Gasteiger charge is 2.19. The van der Waals surface area contributed by atoms with Gasteiger partial charge in [0.15, 0.2) is 0 Å². The second kappa shape index (κ2) is 7.03. The molecule has 0 aliphatic heterocycles. The number of aryl methyl sites for hydroxylation is 2. The number of aromatic nitrogens is 2. The Balaban J connectivity index is 2.00. The zero-order valence-electron chi connectivity index (χ0n) is 14.3. The fourth-order valence-electron chi connectivity index (χ4n) is 2.48. The lowest BCUT2D eigenvalue weighted by molar-refractivity contribution is 0.0531. The molecule has 0 fully saturated rings. The van der Waals surface area contributed by atoms with Crippen molar-refractivity contribution in [3.63, 3.8) is 0 Å². The largest absolute Gasteiger partial charge is 0.462 e. The number of thiophene rings is 1. The molecule has 0 saturated heterocycles. The van der Waals surface area contributed by atoms with Crippen LogP contribution in [0, 0.1) is 13.8 Å². The molecule has 0 unspecified atom stereocenters. The molecule has 0 amide bonds. The third kappa shape index (κ3) is 3.53. The van der Waals surface area contributed by atoms with Crippen LogP contribution in [0.15, 0.2) is 29.1 Å². The van der Waals surface area contributed by atoms with Crippen molar-refractivity contribution >= 4 is 39.7 Å². The molecule has 0 bridgehead atoms. The van der Waals surface area contributed by atoms with E-state index in [1.807, 2.05) is 37.3 Å². The minimum absolute atomic E-state index is 0.252. The first-order valence-electron chi connectivity index (χ1n) is 7.95. The zero-order chi connectivity index (χ0) is 18.0. The molecular formula is C19H18N2O3S. The Hall–Kier alpha value is -2.73. The van der Waals surface area contributed by atoms with Gasteiger partial charge in [-0.15, -0.1) is 11.3 Å². The molecule has 0 atom stereocenters. The van der Waals surface area contributed by atoms with Crippen molar-refractivity contribution in [2.24, 2.45) is 0 Å². The number of benzene rings is 1. The molecule has 3 aromatic rings. The van der Waals surface area contributed by atoms with Gasteiger partial charge in [-0.3, -0.25) is 4.79 Å². The molecule has 2 aromatic heterocycles. The maximum absolute atomic E-state index is 12.4. The van der Waals surface area contributed by atoms with Crippen LogP contribution in [0.2, 0.25) is 0 Å². The summed E-state index contributed by atoms with van der Waals surface area (Å²) in [6, 6.07) is 8.04. The van der Waals surface area contributed by atoms with Gasteiger partial charge in [-0.1, -0.05) is 35.9 Å². The minimum atomic E-state index is -0.417. The highest BCUT2D eigenvalue weighted by molar-refractivity contribution is 7.20. The highest BCUT2D eigenvalue weighted by atomic mass is 32.1. The van der Waals surface area contributed by atoms with Crippen LogP contribution < -0.4 is 5.56 Å². The fraction of sp³-hybridized carbons (Fsp3) is 0.211. The first kappa shape index (κ1) is 17.1. The summed E-state index contributed by atoms with van der Waals surface area (Å²) >= 11 is 1.18. The summed E-state index contributed by atoms with van der Waals surface area (Å²) in [5.41, 5.74) is 2.56. The zero-order valence-corrected chi connectivity index (χ0v) is 15.1. The van der Waals surface area contributed by atoms with E-state index in [9.17, 15) is 9.59 Å². The van der Waals surface area contributed by atoms with Crippen molar-refractivity contribution in [1.29, 1.82) is 0 Å². The Bertz CT molecular complexity index is 1010. The predicted octanol–water partition coefficient (Wildman–Crippen LogP) is 3.95. The van der Waals surface area contributed by atoms with Gasteiger partial charge < -0.3 is 9.72 Å². The number of nitrogens with zero attached hydrogens (tertiary/aromatic N) is 1. The number of carbonyl (C=O) groups excluding carboxylic acids is 1. The molecule has 3 rings (SSSR count). The lowest BCUT2D eigenvalue weighted by Gasteiger charge is -1.98. The van der Waals surface area contributed by atoms with Crippen LogP contribution in [0.25, 0.3) is 22.4 Å². The molecule has 5 nitrogen and oxygen atoms in total. The summed E-state index contributed by atoms with van der Waals surface area (Å²) in [6.45, 7) is 5.81. The van der Waals surface area contributed by atoms with E-state index in [0.717, 1.165) is 5.56 Å². The summed E-state index contributed by atoms with van der Waals surface area (Å²) in [5, 5.41) is 0.445. The second-order valence-electron chi connectivity index (χ2n) is 5.65. The maximum Gasteiger partial charge on any atom is 0.348 e. The van der Waals surface area contributed by atoms with Crippen LogP contribution in [0.4, 0.5) is 0 Å². The number of hydrogen-bond donors (Lipinski definition) is 1. The summed E-state index contributed by atoms with van der Waals surface area (Å²) < 4.78 is 5.04. The van der Waals surface area contributed by atoms with Crippen LogP contribution in [-0.2, 0) is 4.74 Å². The van der Waals surface area contributed by atoms with Crippen LogP contribution in [0.1, 0.15) is 39.1 Å². The Morgan fingerprint density at radius 2 is 1.96 bits per heavy atom. The van der Waals surface area contributed by atoms with E-state index in [-0.39, 0.29) is 5.56 Å². The summed E-state index contributed by atoms with van der Waals surface area (Å²) in [7, 11) is 0. The lowest BCUT2D eigenvalue weighted by atomic mass is 10.1. The SMILES string of the molecule is CCOC(=O)c1sc2nc(C=Cc3ccc(C)cc3)[nH]c(=O)c2c1C. The van der Waals surface area contributed by atoms with E-state index in [2.05, 4.69) is 9.97 Å². The van der Waals surface area contributed by atoms with Crippen LogP contribution in [0.5, 0.6) is 0 Å². The normalized spacial score (nSPS) is 11.3. The maximum atomic E-state index is 12.4. The Morgan fingerprint density at radius 3 is 2.64 bits per heavy atom. The van der Waals surface area contributed by atoms with Crippen molar-refractivity contribution in [1.82, 2.24) is 9.97 Å². The van der Waals surface area contributed by atoms with Gasteiger partial charge in [0.25, 0.3) is 5.56 Å². The number of aromatic amines is 1. The number of esters is 1. The Labute approximate surface area is 149 Å². The summed E-state index contributed by atoms with van der Waals surface area (Å²) in [4.78, 5) is 32.6. The topological polar surface area (TPSA) is 72.0 Å². The van der Waals surface area contributed by atoms with Crippen molar-refractivity contribution in [3.8, 4) is 0 Å². The molecule has 1 N–H and O–H groups in total. The number of carbonyl (C=O) groups is 1. The molecule has 128 valence electrons. The molecule has 2 heterocycles. The Kier molecular flexibility index (Phi) is 4.81. The number of hydrogen-bond acceptors (Lipinski definition) is 5. The monoisotopic (exact) mass is 354 g/mol. The second-order valence-corrected chi connectivity index (χ2v) is 6.65. The third-order valence-corrected chi connectivity index (χ3v) is 4.96. The van der Waals surface area contributed by atoms with Crippen molar-refractivity contribution in [2.45, 2.75) is 20.8 Å². The number of nitrogens with one attached hydrogen (secondary N) is 1. The molecule has 0 radical (unpaired) electrons. The van der Waals surface area contributed by atoms with Crippen LogP contribution in [0.3, 0.4) is 0 Å². The fourth-order valence-corrected chi connectivity index (χ4v) is 3.57. The average molecular weight is 354 g/mol. The van der Waals surface area contributed by atoms with Crippen LogP contribution in [-0.4, -0.2) is 22.5 Å². The van der Waals surface area contributed by atoms with E-state index in [1.54, 1.807) is 19.9 Å². The first-order valence-corrected chi connectivity index (χ1v) is 8.76. The van der Waals surface area contributed by atoms with E-state index < -0.39 is 5.97 Å². The van der Waals surface area contributed by atoms with E-state index in [4.69, 9.17) is 4.74 Å². The first-order chi connectivity index (χ1) is 12.0. The molecular weight excluding hydrogens is 336 g/mol. The average Bonchev–Trinajstić information content (AvgIpc) is 2.92. The number of fused-ring (bicyclic) bond motifs is 1. The molecule has 6 heteroatoms. The standard InChI is InChI=1S/C19H18N2O3S/c1-4-24-19(23)16-12(3)15-17(22)20-14(21-18(15)25-16)10-9-13-7-5-11(2)6-8-13/h5-10H,4H2,1-3H3,(H,20,21,22). The van der Waals surface area contributed by atoms with Gasteiger partial charge in [-0.2, -0.15) is 0 Å². The van der Waals surface area contributed by atoms with Gasteiger partial charge in [0.2, 0.25) is 0 Å². The van der Waals surface area contributed by atoms with Gasteiger partial charge in [-0.25, -0.2) is 9.78 Å². The van der Waals surface area contributed by atoms with Crippen molar-refractivity contribution in [3.05, 3.63) is 62.0 Å². The summed E-state index contributed by atoms with van der Waals surface area (Å²) in [5.74, 6) is 0.0360. The van der Waals surface area contributed by atoms with Gasteiger partial charge in [0.05, 0.1) is 12.0 Å². The highest BCUT2D eigenvalue weighted by Crippen LogP contribution is 2.27. The molecule has 0 aliphatic carbocycles.